The van der Waals surface area contributed by atoms with Gasteiger partial charge in [-0.05, 0) is 73.2 Å². The van der Waals surface area contributed by atoms with Gasteiger partial charge in [-0.1, -0.05) is 26.3 Å². The van der Waals surface area contributed by atoms with E-state index in [-0.39, 0.29) is 28.6 Å². The van der Waals surface area contributed by atoms with Crippen molar-refractivity contribution in [3.8, 4) is 0 Å². The standard InChI is InChI=1S/C20H32O3/c1-13-9-15(22)10-16-19(13,3)6-5-14-11-18(2,17(23)12-21)7-8-20(14,16)4/h9,14,16-17,21,23H,5-8,10-12H2,1-4H3/t14-,16+,17+,18-,19+,20-/m0/s1. The molecule has 0 saturated heterocycles. The van der Waals surface area contributed by atoms with Crippen molar-refractivity contribution >= 4 is 5.78 Å². The Morgan fingerprint density at radius 2 is 1.96 bits per heavy atom. The van der Waals surface area contributed by atoms with Crippen LogP contribution in [0.1, 0.15) is 66.2 Å². The first-order valence-electron chi connectivity index (χ1n) is 9.16. The van der Waals surface area contributed by atoms with E-state index < -0.39 is 6.10 Å². The van der Waals surface area contributed by atoms with Crippen LogP contribution >= 0.6 is 0 Å². The molecule has 2 N–H and O–H groups in total. The van der Waals surface area contributed by atoms with E-state index in [1.807, 2.05) is 6.08 Å². The lowest BCUT2D eigenvalue weighted by Crippen LogP contribution is -2.56. The summed E-state index contributed by atoms with van der Waals surface area (Å²) in [5.74, 6) is 1.25. The summed E-state index contributed by atoms with van der Waals surface area (Å²) in [6, 6.07) is 0. The maximum atomic E-state index is 12.2. The van der Waals surface area contributed by atoms with Crippen molar-refractivity contribution in [3.05, 3.63) is 11.6 Å². The van der Waals surface area contributed by atoms with Crippen LogP contribution in [0.2, 0.25) is 0 Å². The second kappa shape index (κ2) is 5.42. The highest BCUT2D eigenvalue weighted by molar-refractivity contribution is 5.92. The molecule has 6 atom stereocenters. The monoisotopic (exact) mass is 320 g/mol. The van der Waals surface area contributed by atoms with Crippen molar-refractivity contribution in [3.63, 3.8) is 0 Å². The molecule has 3 aliphatic carbocycles. The molecular weight excluding hydrogens is 288 g/mol. The molecule has 3 heteroatoms. The Labute approximate surface area is 140 Å². The van der Waals surface area contributed by atoms with E-state index in [0.29, 0.717) is 18.3 Å². The van der Waals surface area contributed by atoms with E-state index >= 15 is 0 Å². The summed E-state index contributed by atoms with van der Waals surface area (Å²) in [5.41, 5.74) is 1.41. The van der Waals surface area contributed by atoms with Gasteiger partial charge < -0.3 is 10.2 Å². The average Bonchev–Trinajstić information content (AvgIpc) is 2.50. The zero-order valence-corrected chi connectivity index (χ0v) is 15.1. The van der Waals surface area contributed by atoms with Crippen molar-refractivity contribution in [2.45, 2.75) is 72.3 Å². The van der Waals surface area contributed by atoms with Gasteiger partial charge in [0.05, 0.1) is 12.7 Å². The van der Waals surface area contributed by atoms with Gasteiger partial charge in [0.15, 0.2) is 5.78 Å². The lowest BCUT2D eigenvalue weighted by Gasteiger charge is -2.62. The number of hydrogen-bond donors (Lipinski definition) is 2. The van der Waals surface area contributed by atoms with E-state index in [1.54, 1.807) is 0 Å². The largest absolute Gasteiger partial charge is 0.394 e. The Hall–Kier alpha value is -0.670. The molecule has 0 aromatic heterocycles. The topological polar surface area (TPSA) is 57.5 Å². The van der Waals surface area contributed by atoms with Gasteiger partial charge in [0.2, 0.25) is 0 Å². The quantitative estimate of drug-likeness (QED) is 0.819. The van der Waals surface area contributed by atoms with Crippen LogP contribution in [0.15, 0.2) is 11.6 Å². The number of fused-ring (bicyclic) bond motifs is 3. The zero-order valence-electron chi connectivity index (χ0n) is 15.1. The molecule has 2 fully saturated rings. The molecule has 0 aromatic rings. The number of carbonyl (C=O) groups is 1. The fourth-order valence-corrected chi connectivity index (χ4v) is 6.04. The molecule has 0 heterocycles. The van der Waals surface area contributed by atoms with Crippen molar-refractivity contribution < 1.29 is 15.0 Å². The minimum absolute atomic E-state index is 0.151. The lowest BCUT2D eigenvalue weighted by atomic mass is 9.42. The average molecular weight is 320 g/mol. The van der Waals surface area contributed by atoms with Crippen molar-refractivity contribution in [1.82, 2.24) is 0 Å². The van der Waals surface area contributed by atoms with E-state index in [9.17, 15) is 15.0 Å². The van der Waals surface area contributed by atoms with Crippen LogP contribution in [-0.4, -0.2) is 28.7 Å². The highest BCUT2D eigenvalue weighted by Gasteiger charge is 2.59. The third-order valence-electron chi connectivity index (χ3n) is 8.12. The first-order valence-corrected chi connectivity index (χ1v) is 9.16. The van der Waals surface area contributed by atoms with E-state index in [2.05, 4.69) is 27.7 Å². The number of hydrogen-bond acceptors (Lipinski definition) is 3. The van der Waals surface area contributed by atoms with Gasteiger partial charge in [0.25, 0.3) is 0 Å². The van der Waals surface area contributed by atoms with Crippen LogP contribution < -0.4 is 0 Å². The van der Waals surface area contributed by atoms with Crippen LogP contribution in [-0.2, 0) is 4.79 Å². The van der Waals surface area contributed by atoms with Crippen molar-refractivity contribution in [2.75, 3.05) is 6.61 Å². The fraction of sp³-hybridized carbons (Fsp3) is 0.850. The van der Waals surface area contributed by atoms with Gasteiger partial charge in [-0.25, -0.2) is 0 Å². The third kappa shape index (κ3) is 2.42. The molecule has 0 spiro atoms. The number of aliphatic hydroxyl groups excluding tert-OH is 2. The molecule has 0 amide bonds. The second-order valence-corrected chi connectivity index (χ2v) is 9.27. The van der Waals surface area contributed by atoms with Crippen LogP contribution in [0.3, 0.4) is 0 Å². The Kier molecular flexibility index (Phi) is 4.04. The lowest BCUT2D eigenvalue weighted by molar-refractivity contribution is -0.142. The minimum Gasteiger partial charge on any atom is -0.394 e. The number of carbonyl (C=O) groups excluding carboxylic acids is 1. The molecule has 0 aromatic carbocycles. The van der Waals surface area contributed by atoms with Gasteiger partial charge in [0.1, 0.15) is 0 Å². The van der Waals surface area contributed by atoms with Gasteiger partial charge in [-0.15, -0.1) is 0 Å². The highest BCUT2D eigenvalue weighted by atomic mass is 16.3. The van der Waals surface area contributed by atoms with E-state index in [1.165, 1.54) is 5.57 Å². The summed E-state index contributed by atoms with van der Waals surface area (Å²) < 4.78 is 0. The number of ketones is 1. The number of aliphatic hydroxyl groups is 2. The van der Waals surface area contributed by atoms with Gasteiger partial charge in [-0.2, -0.15) is 0 Å². The first kappa shape index (κ1) is 17.2. The van der Waals surface area contributed by atoms with Gasteiger partial charge >= 0.3 is 0 Å². The fourth-order valence-electron chi connectivity index (χ4n) is 6.04. The van der Waals surface area contributed by atoms with E-state index in [0.717, 1.165) is 32.1 Å². The molecular formula is C20H32O3. The highest BCUT2D eigenvalue weighted by Crippen LogP contribution is 2.66. The van der Waals surface area contributed by atoms with Crippen molar-refractivity contribution in [2.24, 2.45) is 28.1 Å². The van der Waals surface area contributed by atoms with Crippen LogP contribution in [0, 0.1) is 28.1 Å². The molecule has 3 aliphatic rings. The van der Waals surface area contributed by atoms with Crippen LogP contribution in [0.4, 0.5) is 0 Å². The predicted octanol–water partition coefficient (Wildman–Crippen LogP) is 3.49. The summed E-state index contributed by atoms with van der Waals surface area (Å²) in [7, 11) is 0. The smallest absolute Gasteiger partial charge is 0.155 e. The Morgan fingerprint density at radius 1 is 1.26 bits per heavy atom. The SMILES string of the molecule is CC1=CC(=O)C[C@H]2[C@@]3(C)CC[C@](C)([C@H](O)CO)C[C@@H]3CC[C@]12C. The molecule has 3 rings (SSSR count). The molecule has 0 radical (unpaired) electrons. The Morgan fingerprint density at radius 3 is 2.61 bits per heavy atom. The summed E-state index contributed by atoms with van der Waals surface area (Å²) in [6.45, 7) is 8.85. The number of rotatable bonds is 2. The predicted molar refractivity (Wildman–Crippen MR) is 90.9 cm³/mol. The van der Waals surface area contributed by atoms with Crippen LogP contribution in [0.5, 0.6) is 0 Å². The summed E-state index contributed by atoms with van der Waals surface area (Å²) in [4.78, 5) is 12.2. The molecule has 0 aliphatic heterocycles. The van der Waals surface area contributed by atoms with E-state index in [4.69, 9.17) is 0 Å². The number of allylic oxidation sites excluding steroid dienone is 2. The van der Waals surface area contributed by atoms with Gasteiger partial charge in [0, 0.05) is 6.42 Å². The summed E-state index contributed by atoms with van der Waals surface area (Å²) in [5, 5.41) is 19.7. The maximum Gasteiger partial charge on any atom is 0.155 e. The summed E-state index contributed by atoms with van der Waals surface area (Å²) in [6.07, 6.45) is 7.18. The maximum absolute atomic E-state index is 12.2. The molecule has 3 nitrogen and oxygen atoms in total. The van der Waals surface area contributed by atoms with Gasteiger partial charge in [-0.3, -0.25) is 4.79 Å². The summed E-state index contributed by atoms with van der Waals surface area (Å²) >= 11 is 0. The molecule has 0 bridgehead atoms. The van der Waals surface area contributed by atoms with Crippen molar-refractivity contribution in [1.29, 1.82) is 0 Å². The minimum atomic E-state index is -0.630. The third-order valence-corrected chi connectivity index (χ3v) is 8.12. The normalized spacial score (nSPS) is 48.3. The molecule has 23 heavy (non-hydrogen) atoms. The Bertz CT molecular complexity index is 539. The second-order valence-electron chi connectivity index (χ2n) is 9.27. The first-order chi connectivity index (χ1) is 10.7. The Balaban J connectivity index is 1.92. The molecule has 0 unspecified atom stereocenters. The molecule has 2 saturated carbocycles. The van der Waals surface area contributed by atoms with Crippen LogP contribution in [0.25, 0.3) is 0 Å². The molecule has 130 valence electrons. The zero-order chi connectivity index (χ0) is 17.0.